The summed E-state index contributed by atoms with van der Waals surface area (Å²) in [6.07, 6.45) is 79.4. The summed E-state index contributed by atoms with van der Waals surface area (Å²) >= 11 is 0. The molecule has 6 nitrogen and oxygen atoms in total. The Bertz CT molecular complexity index is 1330. The van der Waals surface area contributed by atoms with Gasteiger partial charge in [-0.05, 0) is 83.5 Å². The van der Waals surface area contributed by atoms with Gasteiger partial charge >= 0.3 is 17.9 Å². The molecule has 0 aliphatic rings. The summed E-state index contributed by atoms with van der Waals surface area (Å²) < 4.78 is 16.9. The van der Waals surface area contributed by atoms with Crippen molar-refractivity contribution in [2.75, 3.05) is 13.2 Å². The minimum atomic E-state index is -0.782. The van der Waals surface area contributed by atoms with Gasteiger partial charge in [-0.1, -0.05) is 293 Å². The zero-order chi connectivity index (χ0) is 53.6. The lowest BCUT2D eigenvalue weighted by molar-refractivity contribution is -0.167. The Labute approximate surface area is 460 Å². The first-order valence-electron chi connectivity index (χ1n) is 32.3. The molecule has 0 aliphatic carbocycles. The van der Waals surface area contributed by atoms with Crippen LogP contribution in [0.4, 0.5) is 0 Å². The fourth-order valence-corrected chi connectivity index (χ4v) is 9.43. The van der Waals surface area contributed by atoms with Crippen molar-refractivity contribution in [2.45, 2.75) is 341 Å². The molecule has 0 saturated heterocycles. The Hall–Kier alpha value is -2.89. The summed E-state index contributed by atoms with van der Waals surface area (Å²) in [6.45, 7) is 6.55. The van der Waals surface area contributed by atoms with E-state index in [0.717, 1.165) is 96.3 Å². The largest absolute Gasteiger partial charge is 0.462 e. The first-order valence-corrected chi connectivity index (χ1v) is 32.3. The molecule has 74 heavy (non-hydrogen) atoms. The molecule has 0 heterocycles. The fraction of sp³-hybridized carbons (Fsp3) is 0.809. The zero-order valence-electron chi connectivity index (χ0n) is 49.4. The highest BCUT2D eigenvalue weighted by Crippen LogP contribution is 2.17. The van der Waals surface area contributed by atoms with E-state index in [2.05, 4.69) is 81.5 Å². The molecule has 1 atom stereocenters. The molecule has 0 bridgehead atoms. The summed E-state index contributed by atoms with van der Waals surface area (Å²) in [6, 6.07) is 0. The van der Waals surface area contributed by atoms with Crippen LogP contribution in [0.15, 0.2) is 60.8 Å². The van der Waals surface area contributed by atoms with Crippen molar-refractivity contribution in [3.63, 3.8) is 0 Å². The molecule has 0 amide bonds. The van der Waals surface area contributed by atoms with E-state index in [4.69, 9.17) is 14.2 Å². The van der Waals surface area contributed by atoms with Crippen LogP contribution < -0.4 is 0 Å². The number of hydrogen-bond acceptors (Lipinski definition) is 6. The zero-order valence-corrected chi connectivity index (χ0v) is 49.4. The first kappa shape index (κ1) is 71.1. The smallest absolute Gasteiger partial charge is 0.306 e. The van der Waals surface area contributed by atoms with Crippen LogP contribution in [0.1, 0.15) is 335 Å². The van der Waals surface area contributed by atoms with E-state index < -0.39 is 6.10 Å². The average Bonchev–Trinajstić information content (AvgIpc) is 3.40. The lowest BCUT2D eigenvalue weighted by atomic mass is 10.0. The highest BCUT2D eigenvalue weighted by atomic mass is 16.6. The minimum Gasteiger partial charge on any atom is -0.462 e. The van der Waals surface area contributed by atoms with Crippen LogP contribution >= 0.6 is 0 Å². The molecule has 0 N–H and O–H groups in total. The molecule has 0 rings (SSSR count). The van der Waals surface area contributed by atoms with Gasteiger partial charge in [0.25, 0.3) is 0 Å². The Morgan fingerprint density at radius 1 is 0.284 bits per heavy atom. The lowest BCUT2D eigenvalue weighted by Gasteiger charge is -2.18. The maximum atomic E-state index is 12.9. The Balaban J connectivity index is 4.35. The summed E-state index contributed by atoms with van der Waals surface area (Å²) in [4.78, 5) is 38.3. The van der Waals surface area contributed by atoms with Crippen LogP contribution in [0.3, 0.4) is 0 Å². The highest BCUT2D eigenvalue weighted by Gasteiger charge is 2.19. The maximum Gasteiger partial charge on any atom is 0.306 e. The second-order valence-corrected chi connectivity index (χ2v) is 21.6. The lowest BCUT2D eigenvalue weighted by Crippen LogP contribution is -2.30. The quantitative estimate of drug-likeness (QED) is 0.0261. The van der Waals surface area contributed by atoms with Gasteiger partial charge in [-0.2, -0.15) is 0 Å². The van der Waals surface area contributed by atoms with E-state index in [0.29, 0.717) is 19.3 Å². The van der Waals surface area contributed by atoms with Crippen LogP contribution in [-0.2, 0) is 28.6 Å². The van der Waals surface area contributed by atoms with Gasteiger partial charge in [0.1, 0.15) is 13.2 Å². The summed E-state index contributed by atoms with van der Waals surface area (Å²) in [5, 5.41) is 0. The van der Waals surface area contributed by atoms with Crippen molar-refractivity contribution in [3.8, 4) is 0 Å². The van der Waals surface area contributed by atoms with Crippen LogP contribution in [0.2, 0.25) is 0 Å². The van der Waals surface area contributed by atoms with Crippen molar-refractivity contribution >= 4 is 17.9 Å². The van der Waals surface area contributed by atoms with Gasteiger partial charge in [-0.15, -0.1) is 0 Å². The number of carbonyl (C=O) groups excluding carboxylic acids is 3. The van der Waals surface area contributed by atoms with Crippen LogP contribution in [0.5, 0.6) is 0 Å². The molecule has 0 aliphatic heterocycles. The Morgan fingerprint density at radius 2 is 0.527 bits per heavy atom. The number of ether oxygens (including phenoxy) is 3. The van der Waals surface area contributed by atoms with E-state index in [1.807, 2.05) is 0 Å². The van der Waals surface area contributed by atoms with Crippen molar-refractivity contribution in [2.24, 2.45) is 0 Å². The van der Waals surface area contributed by atoms with Crippen LogP contribution in [0.25, 0.3) is 0 Å². The SMILES string of the molecule is CC/C=C\C/C=C\C/C=C\CCCCCCCCCC(=O)OCC(COC(=O)CCCCCCCCCCCCCCCCCCCCCCC)OC(=O)CCCCCCCCC/C=C\C/C=C\CCCCCC. The molecule has 0 radical (unpaired) electrons. The van der Waals surface area contributed by atoms with Gasteiger partial charge in [0.2, 0.25) is 0 Å². The maximum absolute atomic E-state index is 12.9. The minimum absolute atomic E-state index is 0.0775. The summed E-state index contributed by atoms with van der Waals surface area (Å²) in [5.41, 5.74) is 0. The molecular weight excluding hydrogens is 913 g/mol. The van der Waals surface area contributed by atoms with Gasteiger partial charge in [0, 0.05) is 19.3 Å². The van der Waals surface area contributed by atoms with E-state index in [1.165, 1.54) is 199 Å². The average molecular weight is 1040 g/mol. The monoisotopic (exact) mass is 1030 g/mol. The van der Waals surface area contributed by atoms with Gasteiger partial charge in [0.15, 0.2) is 6.10 Å². The standard InChI is InChI=1S/C68H122O6/c1-4-7-10-13-16-19-22-25-28-31-33-34-35-38-40-43-46-49-52-55-58-61-67(70)73-64-65(63-72-66(69)60-57-54-51-48-45-42-39-36-30-27-24-21-18-15-12-9-6-3)74-68(71)62-59-56-53-50-47-44-41-37-32-29-26-23-20-17-14-11-8-5-2/h9,12,18,20-21,23,27,29-30,32,65H,4-8,10-11,13-17,19,22,24-26,28,31,33-64H2,1-3H3/b12-9-,21-18-,23-20-,30-27-,32-29-. The highest BCUT2D eigenvalue weighted by molar-refractivity contribution is 5.71. The second-order valence-electron chi connectivity index (χ2n) is 21.6. The number of esters is 3. The van der Waals surface area contributed by atoms with Gasteiger partial charge < -0.3 is 14.2 Å². The molecular formula is C68H122O6. The number of carbonyl (C=O) groups is 3. The first-order chi connectivity index (χ1) is 36.5. The molecule has 1 unspecified atom stereocenters. The predicted octanol–water partition coefficient (Wildman–Crippen LogP) is 21.9. The molecule has 0 spiro atoms. The van der Waals surface area contributed by atoms with Gasteiger partial charge in [-0.25, -0.2) is 0 Å². The number of unbranched alkanes of at least 4 members (excludes halogenated alkanes) is 38. The van der Waals surface area contributed by atoms with Crippen molar-refractivity contribution in [3.05, 3.63) is 60.8 Å². The summed E-state index contributed by atoms with van der Waals surface area (Å²) in [5.74, 6) is -0.876. The van der Waals surface area contributed by atoms with Crippen molar-refractivity contribution in [1.82, 2.24) is 0 Å². The van der Waals surface area contributed by atoms with Crippen LogP contribution in [0, 0.1) is 0 Å². The molecule has 430 valence electrons. The molecule has 6 heteroatoms. The van der Waals surface area contributed by atoms with E-state index in [-0.39, 0.29) is 31.1 Å². The van der Waals surface area contributed by atoms with E-state index in [1.54, 1.807) is 0 Å². The Kier molecular flexibility index (Phi) is 60.2. The topological polar surface area (TPSA) is 78.9 Å². The van der Waals surface area contributed by atoms with Crippen LogP contribution in [-0.4, -0.2) is 37.2 Å². The molecule has 0 aromatic carbocycles. The number of rotatable bonds is 59. The molecule has 0 aromatic heterocycles. The molecule has 0 saturated carbocycles. The van der Waals surface area contributed by atoms with Gasteiger partial charge in [0.05, 0.1) is 0 Å². The van der Waals surface area contributed by atoms with Crippen molar-refractivity contribution < 1.29 is 28.6 Å². The number of hydrogen-bond donors (Lipinski definition) is 0. The third-order valence-corrected chi connectivity index (χ3v) is 14.3. The number of allylic oxidation sites excluding steroid dienone is 10. The van der Waals surface area contributed by atoms with E-state index >= 15 is 0 Å². The third-order valence-electron chi connectivity index (χ3n) is 14.3. The Morgan fingerprint density at radius 3 is 0.838 bits per heavy atom. The second kappa shape index (κ2) is 62.6. The van der Waals surface area contributed by atoms with Gasteiger partial charge in [-0.3, -0.25) is 14.4 Å². The van der Waals surface area contributed by atoms with Crippen molar-refractivity contribution in [1.29, 1.82) is 0 Å². The predicted molar refractivity (Wildman–Crippen MR) is 321 cm³/mol. The molecule has 0 aromatic rings. The normalized spacial score (nSPS) is 12.4. The molecule has 0 fully saturated rings. The third kappa shape index (κ3) is 60.0. The van der Waals surface area contributed by atoms with E-state index in [9.17, 15) is 14.4 Å². The summed E-state index contributed by atoms with van der Waals surface area (Å²) in [7, 11) is 0. The fourth-order valence-electron chi connectivity index (χ4n) is 9.43.